The van der Waals surface area contributed by atoms with E-state index in [9.17, 15) is 4.39 Å². The van der Waals surface area contributed by atoms with Crippen LogP contribution in [0.2, 0.25) is 5.02 Å². The lowest BCUT2D eigenvalue weighted by molar-refractivity contribution is 0.280. The minimum atomic E-state index is -0.379. The van der Waals surface area contributed by atoms with Crippen molar-refractivity contribution in [1.82, 2.24) is 5.32 Å². The second-order valence-corrected chi connectivity index (χ2v) is 7.50. The standard InChI is InChI=1S/C25H27ClFNO4.ClH/c1-29-22-10-7-17(13-24(22)31-3)11-12-28-15-18-5-4-6-23(30-2)25(18)32-16-19-8-9-20(27)14-21(19)26;/h4-10,13-14,28H,11-12,15-16H2,1-3H3;1H. The predicted octanol–water partition coefficient (Wildman–Crippen LogP) is 5.84. The molecule has 0 aliphatic rings. The zero-order chi connectivity index (χ0) is 22.9. The molecule has 0 saturated heterocycles. The number of ether oxygens (including phenoxy) is 4. The van der Waals surface area contributed by atoms with Gasteiger partial charge in [-0.1, -0.05) is 35.9 Å². The Balaban J connectivity index is 0.00000385. The van der Waals surface area contributed by atoms with Crippen molar-refractivity contribution in [2.75, 3.05) is 27.9 Å². The molecule has 3 rings (SSSR count). The molecular formula is C25H28Cl2FNO4. The quantitative estimate of drug-likeness (QED) is 0.338. The number of benzene rings is 3. The Morgan fingerprint density at radius 3 is 2.30 bits per heavy atom. The van der Waals surface area contributed by atoms with Gasteiger partial charge in [-0.2, -0.15) is 0 Å². The number of hydrogen-bond acceptors (Lipinski definition) is 5. The Labute approximate surface area is 205 Å². The molecule has 0 unspecified atom stereocenters. The molecule has 0 aliphatic carbocycles. The molecule has 0 heterocycles. The van der Waals surface area contributed by atoms with Gasteiger partial charge in [-0.15, -0.1) is 12.4 Å². The molecular weight excluding hydrogens is 468 g/mol. The molecule has 0 radical (unpaired) electrons. The molecule has 0 aromatic heterocycles. The van der Waals surface area contributed by atoms with Gasteiger partial charge in [-0.05, 0) is 48.9 Å². The molecule has 178 valence electrons. The monoisotopic (exact) mass is 495 g/mol. The Morgan fingerprint density at radius 2 is 1.61 bits per heavy atom. The lowest BCUT2D eigenvalue weighted by Gasteiger charge is -2.16. The minimum Gasteiger partial charge on any atom is -0.493 e. The van der Waals surface area contributed by atoms with Crippen molar-refractivity contribution in [3.05, 3.63) is 82.1 Å². The van der Waals surface area contributed by atoms with E-state index in [1.54, 1.807) is 27.4 Å². The van der Waals surface area contributed by atoms with Crippen LogP contribution in [-0.2, 0) is 19.6 Å². The number of halogens is 3. The van der Waals surface area contributed by atoms with Gasteiger partial charge < -0.3 is 24.3 Å². The van der Waals surface area contributed by atoms with E-state index in [4.69, 9.17) is 30.5 Å². The van der Waals surface area contributed by atoms with Crippen LogP contribution in [0.25, 0.3) is 0 Å². The number of methoxy groups -OCH3 is 3. The smallest absolute Gasteiger partial charge is 0.166 e. The summed E-state index contributed by atoms with van der Waals surface area (Å²) in [6, 6.07) is 15.9. The summed E-state index contributed by atoms with van der Waals surface area (Å²) in [5.74, 6) is 2.31. The van der Waals surface area contributed by atoms with Crippen molar-refractivity contribution in [3.63, 3.8) is 0 Å². The number of nitrogens with one attached hydrogen (secondary N) is 1. The first-order valence-corrected chi connectivity index (χ1v) is 10.6. The van der Waals surface area contributed by atoms with Gasteiger partial charge in [0.1, 0.15) is 12.4 Å². The number of rotatable bonds is 11. The van der Waals surface area contributed by atoms with E-state index in [-0.39, 0.29) is 24.8 Å². The molecule has 0 bridgehead atoms. The number of para-hydroxylation sites is 1. The largest absolute Gasteiger partial charge is 0.493 e. The molecule has 0 saturated carbocycles. The summed E-state index contributed by atoms with van der Waals surface area (Å²) >= 11 is 6.13. The fourth-order valence-corrected chi connectivity index (χ4v) is 3.53. The first-order chi connectivity index (χ1) is 15.5. The van der Waals surface area contributed by atoms with Crippen molar-refractivity contribution in [2.45, 2.75) is 19.6 Å². The highest BCUT2D eigenvalue weighted by Gasteiger charge is 2.12. The van der Waals surface area contributed by atoms with Gasteiger partial charge in [0.05, 0.1) is 26.4 Å². The van der Waals surface area contributed by atoms with Crippen LogP contribution >= 0.6 is 24.0 Å². The average Bonchev–Trinajstić information content (AvgIpc) is 2.81. The molecule has 5 nitrogen and oxygen atoms in total. The Bertz CT molecular complexity index is 1050. The van der Waals surface area contributed by atoms with E-state index in [1.807, 2.05) is 36.4 Å². The maximum absolute atomic E-state index is 13.3. The SMILES string of the molecule is COc1ccc(CCNCc2cccc(OC)c2OCc2ccc(F)cc2Cl)cc1OC.Cl. The third-order valence-electron chi connectivity index (χ3n) is 5.02. The van der Waals surface area contributed by atoms with Crippen LogP contribution in [-0.4, -0.2) is 27.9 Å². The van der Waals surface area contributed by atoms with Crippen LogP contribution in [0.4, 0.5) is 4.39 Å². The summed E-state index contributed by atoms with van der Waals surface area (Å²) < 4.78 is 35.5. The molecule has 3 aromatic carbocycles. The zero-order valence-electron chi connectivity index (χ0n) is 18.8. The maximum atomic E-state index is 13.3. The highest BCUT2D eigenvalue weighted by atomic mass is 35.5. The van der Waals surface area contributed by atoms with Gasteiger partial charge in [0.15, 0.2) is 23.0 Å². The topological polar surface area (TPSA) is 49.0 Å². The van der Waals surface area contributed by atoms with Crippen LogP contribution < -0.4 is 24.3 Å². The summed E-state index contributed by atoms with van der Waals surface area (Å²) in [5.41, 5.74) is 2.80. The first-order valence-electron chi connectivity index (χ1n) is 10.2. The van der Waals surface area contributed by atoms with Gasteiger partial charge in [0.2, 0.25) is 0 Å². The molecule has 0 aliphatic heterocycles. The van der Waals surface area contributed by atoms with Gasteiger partial charge in [0.25, 0.3) is 0 Å². The summed E-state index contributed by atoms with van der Waals surface area (Å²) in [7, 11) is 4.85. The lowest BCUT2D eigenvalue weighted by Crippen LogP contribution is -2.17. The Hall–Kier alpha value is -2.67. The molecule has 0 spiro atoms. The van der Waals surface area contributed by atoms with E-state index in [0.717, 1.165) is 24.1 Å². The van der Waals surface area contributed by atoms with Crippen LogP contribution in [0.3, 0.4) is 0 Å². The van der Waals surface area contributed by atoms with E-state index in [2.05, 4.69) is 5.32 Å². The summed E-state index contributed by atoms with van der Waals surface area (Å²) in [6.07, 6.45) is 0.825. The van der Waals surface area contributed by atoms with Crippen LogP contribution in [0.15, 0.2) is 54.6 Å². The van der Waals surface area contributed by atoms with E-state index >= 15 is 0 Å². The molecule has 0 atom stereocenters. The second kappa shape index (κ2) is 13.1. The highest BCUT2D eigenvalue weighted by Crippen LogP contribution is 2.32. The van der Waals surface area contributed by atoms with E-state index < -0.39 is 0 Å². The predicted molar refractivity (Wildman–Crippen MR) is 131 cm³/mol. The van der Waals surface area contributed by atoms with Gasteiger partial charge in [-0.25, -0.2) is 4.39 Å². The van der Waals surface area contributed by atoms with Crippen LogP contribution in [0, 0.1) is 5.82 Å². The molecule has 3 aromatic rings. The van der Waals surface area contributed by atoms with Gasteiger partial charge >= 0.3 is 0 Å². The van der Waals surface area contributed by atoms with Crippen molar-refractivity contribution in [2.24, 2.45) is 0 Å². The lowest BCUT2D eigenvalue weighted by atomic mass is 10.1. The number of hydrogen-bond donors (Lipinski definition) is 1. The minimum absolute atomic E-state index is 0. The third-order valence-corrected chi connectivity index (χ3v) is 5.37. The van der Waals surface area contributed by atoms with Crippen molar-refractivity contribution in [1.29, 1.82) is 0 Å². The molecule has 8 heteroatoms. The second-order valence-electron chi connectivity index (χ2n) is 7.09. The van der Waals surface area contributed by atoms with E-state index in [0.29, 0.717) is 40.1 Å². The van der Waals surface area contributed by atoms with Crippen molar-refractivity contribution in [3.8, 4) is 23.0 Å². The highest BCUT2D eigenvalue weighted by molar-refractivity contribution is 6.31. The summed E-state index contributed by atoms with van der Waals surface area (Å²) in [5, 5.41) is 3.77. The fraction of sp³-hybridized carbons (Fsp3) is 0.280. The summed E-state index contributed by atoms with van der Waals surface area (Å²) in [4.78, 5) is 0. The molecule has 0 amide bonds. The van der Waals surface area contributed by atoms with Crippen LogP contribution in [0.5, 0.6) is 23.0 Å². The molecule has 1 N–H and O–H groups in total. The molecule has 0 fully saturated rings. The van der Waals surface area contributed by atoms with Crippen molar-refractivity contribution >= 4 is 24.0 Å². The van der Waals surface area contributed by atoms with Crippen molar-refractivity contribution < 1.29 is 23.3 Å². The Kier molecular flexibility index (Phi) is 10.6. The average molecular weight is 496 g/mol. The third kappa shape index (κ3) is 7.16. The van der Waals surface area contributed by atoms with E-state index in [1.165, 1.54) is 12.1 Å². The maximum Gasteiger partial charge on any atom is 0.166 e. The van der Waals surface area contributed by atoms with Gasteiger partial charge in [0, 0.05) is 17.7 Å². The summed E-state index contributed by atoms with van der Waals surface area (Å²) in [6.45, 7) is 1.56. The van der Waals surface area contributed by atoms with Crippen LogP contribution in [0.1, 0.15) is 16.7 Å². The zero-order valence-corrected chi connectivity index (χ0v) is 20.4. The first kappa shape index (κ1) is 26.6. The Morgan fingerprint density at radius 1 is 0.848 bits per heavy atom. The van der Waals surface area contributed by atoms with Gasteiger partial charge in [-0.3, -0.25) is 0 Å². The molecule has 33 heavy (non-hydrogen) atoms. The fourth-order valence-electron chi connectivity index (χ4n) is 3.31. The normalized spacial score (nSPS) is 10.3.